The van der Waals surface area contributed by atoms with E-state index in [0.29, 0.717) is 5.56 Å². The van der Waals surface area contributed by atoms with E-state index in [-0.39, 0.29) is 6.61 Å². The van der Waals surface area contributed by atoms with Gasteiger partial charge in [-0.05, 0) is 40.6 Å². The van der Waals surface area contributed by atoms with Crippen LogP contribution in [-0.2, 0) is 11.3 Å². The van der Waals surface area contributed by atoms with Gasteiger partial charge < -0.3 is 13.9 Å². The van der Waals surface area contributed by atoms with Crippen LogP contribution in [-0.4, -0.2) is 13.1 Å². The molecule has 4 nitrogen and oxygen atoms in total. The molecule has 0 unspecified atom stereocenters. The fourth-order valence-electron chi connectivity index (χ4n) is 2.10. The second-order valence-corrected chi connectivity index (χ2v) is 4.64. The van der Waals surface area contributed by atoms with E-state index in [1.165, 1.54) is 12.5 Å². The molecule has 0 bridgehead atoms. The zero-order valence-corrected chi connectivity index (χ0v) is 11.5. The van der Waals surface area contributed by atoms with Crippen LogP contribution in [0.5, 0.6) is 5.75 Å². The second-order valence-electron chi connectivity index (χ2n) is 4.64. The SMILES string of the molecule is COc1ccc2cc(COC(=O)c3ccoc3)ccc2c1. The number of benzene rings is 2. The van der Waals surface area contributed by atoms with Crippen LogP contribution in [0.3, 0.4) is 0 Å². The van der Waals surface area contributed by atoms with Crippen LogP contribution < -0.4 is 4.74 Å². The molecular weight excluding hydrogens is 268 g/mol. The predicted octanol–water partition coefficient (Wildman–Crippen LogP) is 3.80. The number of hydrogen-bond acceptors (Lipinski definition) is 4. The van der Waals surface area contributed by atoms with Gasteiger partial charge in [-0.15, -0.1) is 0 Å². The molecule has 0 atom stereocenters. The van der Waals surface area contributed by atoms with Gasteiger partial charge in [0.2, 0.25) is 0 Å². The number of fused-ring (bicyclic) bond motifs is 1. The zero-order chi connectivity index (χ0) is 14.7. The molecule has 0 fully saturated rings. The average molecular weight is 282 g/mol. The van der Waals surface area contributed by atoms with Gasteiger partial charge >= 0.3 is 5.97 Å². The van der Waals surface area contributed by atoms with Gasteiger partial charge in [-0.3, -0.25) is 0 Å². The average Bonchev–Trinajstić information content (AvgIpc) is 3.06. The highest BCUT2D eigenvalue weighted by Crippen LogP contribution is 2.22. The van der Waals surface area contributed by atoms with Gasteiger partial charge in [0.1, 0.15) is 18.6 Å². The molecule has 1 aromatic heterocycles. The Morgan fingerprint density at radius 3 is 2.67 bits per heavy atom. The van der Waals surface area contributed by atoms with Gasteiger partial charge in [0.25, 0.3) is 0 Å². The van der Waals surface area contributed by atoms with Crippen molar-refractivity contribution in [2.75, 3.05) is 7.11 Å². The second kappa shape index (κ2) is 5.71. The lowest BCUT2D eigenvalue weighted by atomic mass is 10.1. The minimum Gasteiger partial charge on any atom is -0.497 e. The van der Waals surface area contributed by atoms with Crippen molar-refractivity contribution >= 4 is 16.7 Å². The lowest BCUT2D eigenvalue weighted by Crippen LogP contribution is -2.03. The summed E-state index contributed by atoms with van der Waals surface area (Å²) in [5.74, 6) is 0.431. The highest BCUT2D eigenvalue weighted by molar-refractivity contribution is 5.89. The summed E-state index contributed by atoms with van der Waals surface area (Å²) in [6, 6.07) is 13.4. The Labute approximate surface area is 121 Å². The number of methoxy groups -OCH3 is 1. The molecule has 0 saturated carbocycles. The largest absolute Gasteiger partial charge is 0.497 e. The summed E-state index contributed by atoms with van der Waals surface area (Å²) in [5, 5.41) is 2.16. The van der Waals surface area contributed by atoms with E-state index in [2.05, 4.69) is 0 Å². The molecule has 4 heteroatoms. The Morgan fingerprint density at radius 2 is 1.90 bits per heavy atom. The molecule has 3 aromatic rings. The molecule has 1 heterocycles. The van der Waals surface area contributed by atoms with Crippen LogP contribution >= 0.6 is 0 Å². The first-order valence-corrected chi connectivity index (χ1v) is 6.52. The number of esters is 1. The maximum atomic E-state index is 11.7. The van der Waals surface area contributed by atoms with Crippen molar-refractivity contribution in [1.82, 2.24) is 0 Å². The topological polar surface area (TPSA) is 48.7 Å². The minimum atomic E-state index is -0.390. The van der Waals surface area contributed by atoms with Crippen molar-refractivity contribution in [3.8, 4) is 5.75 Å². The number of carbonyl (C=O) groups excluding carboxylic acids is 1. The van der Waals surface area contributed by atoms with Crippen molar-refractivity contribution in [3.05, 3.63) is 66.1 Å². The Hall–Kier alpha value is -2.75. The molecule has 0 aliphatic rings. The summed E-state index contributed by atoms with van der Waals surface area (Å²) in [6.45, 7) is 0.228. The molecular formula is C17H14O4. The first kappa shape index (κ1) is 13.2. The van der Waals surface area contributed by atoms with Crippen molar-refractivity contribution in [3.63, 3.8) is 0 Å². The van der Waals surface area contributed by atoms with Crippen molar-refractivity contribution in [1.29, 1.82) is 0 Å². The van der Waals surface area contributed by atoms with Crippen molar-refractivity contribution < 1.29 is 18.7 Å². The van der Waals surface area contributed by atoms with Crippen LogP contribution in [0.25, 0.3) is 10.8 Å². The number of rotatable bonds is 4. The van der Waals surface area contributed by atoms with E-state index in [4.69, 9.17) is 13.9 Å². The minimum absolute atomic E-state index is 0.228. The molecule has 0 aliphatic carbocycles. The summed E-state index contributed by atoms with van der Waals surface area (Å²) in [4.78, 5) is 11.7. The first-order valence-electron chi connectivity index (χ1n) is 6.52. The summed E-state index contributed by atoms with van der Waals surface area (Å²) >= 11 is 0. The van der Waals surface area contributed by atoms with E-state index in [0.717, 1.165) is 22.1 Å². The summed E-state index contributed by atoms with van der Waals surface area (Å²) in [5.41, 5.74) is 1.35. The molecule has 0 aliphatic heterocycles. The number of furan rings is 1. The molecule has 0 saturated heterocycles. The van der Waals surface area contributed by atoms with Crippen LogP contribution in [0.4, 0.5) is 0 Å². The van der Waals surface area contributed by atoms with E-state index in [1.807, 2.05) is 36.4 Å². The van der Waals surface area contributed by atoms with Crippen LogP contribution in [0, 0.1) is 0 Å². The highest BCUT2D eigenvalue weighted by atomic mass is 16.5. The van der Waals surface area contributed by atoms with E-state index >= 15 is 0 Å². The monoisotopic (exact) mass is 282 g/mol. The van der Waals surface area contributed by atoms with Crippen LogP contribution in [0.1, 0.15) is 15.9 Å². The normalized spacial score (nSPS) is 10.5. The van der Waals surface area contributed by atoms with Gasteiger partial charge in [-0.25, -0.2) is 4.79 Å². The van der Waals surface area contributed by atoms with Crippen molar-refractivity contribution in [2.24, 2.45) is 0 Å². The Bertz CT molecular complexity index is 760. The molecule has 3 rings (SSSR count). The molecule has 0 amide bonds. The zero-order valence-electron chi connectivity index (χ0n) is 11.5. The molecule has 0 N–H and O–H groups in total. The van der Waals surface area contributed by atoms with Gasteiger partial charge in [0, 0.05) is 0 Å². The van der Waals surface area contributed by atoms with E-state index < -0.39 is 5.97 Å². The Kier molecular flexibility index (Phi) is 3.60. The van der Waals surface area contributed by atoms with Gasteiger partial charge in [-0.1, -0.05) is 18.2 Å². The molecule has 106 valence electrons. The summed E-state index contributed by atoms with van der Waals surface area (Å²) in [7, 11) is 1.64. The highest BCUT2D eigenvalue weighted by Gasteiger charge is 2.08. The lowest BCUT2D eigenvalue weighted by Gasteiger charge is -2.06. The van der Waals surface area contributed by atoms with E-state index in [1.54, 1.807) is 13.2 Å². The molecule has 2 aromatic carbocycles. The standard InChI is InChI=1S/C17H14O4/c1-19-16-5-4-13-8-12(2-3-14(13)9-16)10-21-17(18)15-6-7-20-11-15/h2-9,11H,10H2,1H3. The first-order chi connectivity index (χ1) is 10.3. The maximum absolute atomic E-state index is 11.7. The molecule has 21 heavy (non-hydrogen) atoms. The van der Waals surface area contributed by atoms with Crippen LogP contribution in [0.2, 0.25) is 0 Å². The quantitative estimate of drug-likeness (QED) is 0.683. The molecule has 0 spiro atoms. The lowest BCUT2D eigenvalue weighted by molar-refractivity contribution is 0.0472. The number of hydrogen-bond donors (Lipinski definition) is 0. The van der Waals surface area contributed by atoms with E-state index in [9.17, 15) is 4.79 Å². The maximum Gasteiger partial charge on any atom is 0.341 e. The Morgan fingerprint density at radius 1 is 1.10 bits per heavy atom. The van der Waals surface area contributed by atoms with Crippen LogP contribution in [0.15, 0.2) is 59.4 Å². The Balaban J connectivity index is 1.74. The predicted molar refractivity (Wildman–Crippen MR) is 78.3 cm³/mol. The fourth-order valence-corrected chi connectivity index (χ4v) is 2.10. The smallest absolute Gasteiger partial charge is 0.341 e. The van der Waals surface area contributed by atoms with Gasteiger partial charge in [-0.2, -0.15) is 0 Å². The van der Waals surface area contributed by atoms with Crippen molar-refractivity contribution in [2.45, 2.75) is 6.61 Å². The fraction of sp³-hybridized carbons (Fsp3) is 0.118. The number of ether oxygens (including phenoxy) is 2. The third-order valence-electron chi connectivity index (χ3n) is 3.24. The summed E-state index contributed by atoms with van der Waals surface area (Å²) in [6.07, 6.45) is 2.81. The molecule has 0 radical (unpaired) electrons. The summed E-state index contributed by atoms with van der Waals surface area (Å²) < 4.78 is 15.3. The van der Waals surface area contributed by atoms with Gasteiger partial charge in [0.05, 0.1) is 18.9 Å². The number of carbonyl (C=O) groups is 1. The third-order valence-corrected chi connectivity index (χ3v) is 3.24. The third kappa shape index (κ3) is 2.89. The van der Waals surface area contributed by atoms with Gasteiger partial charge in [0.15, 0.2) is 0 Å².